The summed E-state index contributed by atoms with van der Waals surface area (Å²) in [5, 5.41) is 0.344. The summed E-state index contributed by atoms with van der Waals surface area (Å²) in [6, 6.07) is 2.49. The summed E-state index contributed by atoms with van der Waals surface area (Å²) in [7, 11) is 0. The van der Waals surface area contributed by atoms with E-state index in [1.54, 1.807) is 13.0 Å². The lowest BCUT2D eigenvalue weighted by Gasteiger charge is -2.07. The van der Waals surface area contributed by atoms with Crippen molar-refractivity contribution in [3.63, 3.8) is 0 Å². The van der Waals surface area contributed by atoms with E-state index < -0.39 is 17.8 Å². The van der Waals surface area contributed by atoms with Gasteiger partial charge in [-0.25, -0.2) is 19.9 Å². The van der Waals surface area contributed by atoms with Gasteiger partial charge < -0.3 is 5.73 Å². The topological polar surface area (TPSA) is 77.6 Å². The van der Waals surface area contributed by atoms with Gasteiger partial charge in [-0.05, 0) is 24.8 Å². The number of aromatic nitrogens is 4. The molecule has 0 spiro atoms. The van der Waals surface area contributed by atoms with Crippen molar-refractivity contribution in [1.29, 1.82) is 0 Å². The second kappa shape index (κ2) is 5.00. The highest BCUT2D eigenvalue weighted by molar-refractivity contribution is 7.99. The zero-order chi connectivity index (χ0) is 14.0. The molecule has 2 aromatic heterocycles. The van der Waals surface area contributed by atoms with E-state index in [2.05, 4.69) is 19.9 Å². The number of anilines is 1. The number of halogens is 3. The van der Waals surface area contributed by atoms with Crippen LogP contribution in [0.3, 0.4) is 0 Å². The van der Waals surface area contributed by atoms with Crippen LogP contribution >= 0.6 is 11.8 Å². The molecule has 0 bridgehead atoms. The predicted molar refractivity (Wildman–Crippen MR) is 62.3 cm³/mol. The molecule has 0 aliphatic rings. The molecule has 0 aromatic carbocycles. The van der Waals surface area contributed by atoms with E-state index in [4.69, 9.17) is 5.73 Å². The Labute approximate surface area is 110 Å². The zero-order valence-electron chi connectivity index (χ0n) is 9.64. The first-order valence-electron chi connectivity index (χ1n) is 5.04. The lowest BCUT2D eigenvalue weighted by Crippen LogP contribution is -2.11. The molecule has 5 nitrogen and oxygen atoms in total. The standard InChI is InChI=1S/C10H8F3N5S/c1-5-2-3-15-9(16-5)19-7-4-6(10(11,12)13)17-8(14)18-7/h2-4H,1H3,(H2,14,17,18). The van der Waals surface area contributed by atoms with Crippen molar-refractivity contribution in [3.05, 3.63) is 29.7 Å². The second-order valence-corrected chi connectivity index (χ2v) is 4.52. The van der Waals surface area contributed by atoms with Crippen molar-refractivity contribution in [3.8, 4) is 0 Å². The van der Waals surface area contributed by atoms with Crippen molar-refractivity contribution in [1.82, 2.24) is 19.9 Å². The first-order chi connectivity index (χ1) is 8.84. The van der Waals surface area contributed by atoms with Crippen LogP contribution < -0.4 is 5.73 Å². The van der Waals surface area contributed by atoms with E-state index in [-0.39, 0.29) is 5.03 Å². The zero-order valence-corrected chi connectivity index (χ0v) is 10.5. The highest BCUT2D eigenvalue weighted by Gasteiger charge is 2.33. The van der Waals surface area contributed by atoms with Crippen molar-refractivity contribution in [2.45, 2.75) is 23.3 Å². The molecule has 0 amide bonds. The second-order valence-electron chi connectivity index (χ2n) is 3.53. The van der Waals surface area contributed by atoms with Gasteiger partial charge in [0.15, 0.2) is 10.9 Å². The summed E-state index contributed by atoms with van der Waals surface area (Å²) in [5.74, 6) is -0.440. The normalized spacial score (nSPS) is 11.6. The summed E-state index contributed by atoms with van der Waals surface area (Å²) in [6.07, 6.45) is -3.06. The van der Waals surface area contributed by atoms with E-state index in [0.29, 0.717) is 10.9 Å². The van der Waals surface area contributed by atoms with Gasteiger partial charge >= 0.3 is 6.18 Å². The van der Waals surface area contributed by atoms with Crippen LogP contribution in [-0.4, -0.2) is 19.9 Å². The van der Waals surface area contributed by atoms with Crippen molar-refractivity contribution in [2.75, 3.05) is 5.73 Å². The third kappa shape index (κ3) is 3.53. The minimum atomic E-state index is -4.57. The van der Waals surface area contributed by atoms with Gasteiger partial charge in [0.25, 0.3) is 0 Å². The Hall–Kier alpha value is -1.90. The third-order valence-electron chi connectivity index (χ3n) is 1.98. The van der Waals surface area contributed by atoms with Gasteiger partial charge in [-0.15, -0.1) is 0 Å². The minimum absolute atomic E-state index is 0.0467. The SMILES string of the molecule is Cc1ccnc(Sc2cc(C(F)(F)F)nc(N)n2)n1. The van der Waals surface area contributed by atoms with Gasteiger partial charge in [0.05, 0.1) is 0 Å². The Morgan fingerprint density at radius 1 is 1.21 bits per heavy atom. The Morgan fingerprint density at radius 2 is 1.95 bits per heavy atom. The maximum Gasteiger partial charge on any atom is 0.433 e. The predicted octanol–water partition coefficient (Wildman–Crippen LogP) is 2.33. The third-order valence-corrected chi connectivity index (χ3v) is 2.78. The average molecular weight is 287 g/mol. The van der Waals surface area contributed by atoms with Crippen LogP contribution in [0.2, 0.25) is 0 Å². The van der Waals surface area contributed by atoms with Gasteiger partial charge in [-0.2, -0.15) is 13.2 Å². The molecule has 100 valence electrons. The van der Waals surface area contributed by atoms with E-state index in [1.807, 2.05) is 0 Å². The van der Waals surface area contributed by atoms with Gasteiger partial charge in [-0.3, -0.25) is 0 Å². The summed E-state index contributed by atoms with van der Waals surface area (Å²) in [4.78, 5) is 14.9. The van der Waals surface area contributed by atoms with Gasteiger partial charge in [0.1, 0.15) is 5.03 Å². The molecule has 9 heteroatoms. The van der Waals surface area contributed by atoms with Crippen molar-refractivity contribution in [2.24, 2.45) is 0 Å². The molecule has 0 unspecified atom stereocenters. The van der Waals surface area contributed by atoms with Crippen LogP contribution in [0, 0.1) is 6.92 Å². The van der Waals surface area contributed by atoms with E-state index in [1.165, 1.54) is 6.20 Å². The van der Waals surface area contributed by atoms with Crippen molar-refractivity contribution < 1.29 is 13.2 Å². The smallest absolute Gasteiger partial charge is 0.368 e. The summed E-state index contributed by atoms with van der Waals surface area (Å²) in [6.45, 7) is 1.75. The summed E-state index contributed by atoms with van der Waals surface area (Å²) in [5.41, 5.74) is 4.88. The quantitative estimate of drug-likeness (QED) is 0.674. The van der Waals surface area contributed by atoms with Crippen molar-refractivity contribution >= 4 is 17.7 Å². The lowest BCUT2D eigenvalue weighted by atomic mass is 10.4. The molecule has 2 N–H and O–H groups in total. The van der Waals surface area contributed by atoms with Gasteiger partial charge in [0, 0.05) is 18.0 Å². The fourth-order valence-corrected chi connectivity index (χ4v) is 2.01. The lowest BCUT2D eigenvalue weighted by molar-refractivity contribution is -0.141. The summed E-state index contributed by atoms with van der Waals surface area (Å²) >= 11 is 0.893. The number of nitrogen functional groups attached to an aromatic ring is 1. The molecule has 2 rings (SSSR count). The first-order valence-corrected chi connectivity index (χ1v) is 5.85. The van der Waals surface area contributed by atoms with Crippen LogP contribution in [0.4, 0.5) is 19.1 Å². The fourth-order valence-electron chi connectivity index (χ4n) is 1.21. The Bertz CT molecular complexity index is 602. The molecule has 0 fully saturated rings. The number of aryl methyl sites for hydroxylation is 1. The number of hydrogen-bond acceptors (Lipinski definition) is 6. The molecule has 0 saturated carbocycles. The van der Waals surface area contributed by atoms with Crippen LogP contribution in [-0.2, 0) is 6.18 Å². The van der Waals surface area contributed by atoms with E-state index in [0.717, 1.165) is 17.8 Å². The fraction of sp³-hybridized carbons (Fsp3) is 0.200. The Kier molecular flexibility index (Phi) is 3.56. The van der Waals surface area contributed by atoms with Crippen LogP contribution in [0.1, 0.15) is 11.4 Å². The number of rotatable bonds is 2. The highest BCUT2D eigenvalue weighted by atomic mass is 32.2. The molecule has 0 saturated heterocycles. The summed E-state index contributed by atoms with van der Waals surface area (Å²) < 4.78 is 37.7. The Balaban J connectivity index is 2.33. The molecule has 2 heterocycles. The molecule has 0 radical (unpaired) electrons. The van der Waals surface area contributed by atoms with E-state index in [9.17, 15) is 13.2 Å². The van der Waals surface area contributed by atoms with Crippen LogP contribution in [0.25, 0.3) is 0 Å². The molecule has 19 heavy (non-hydrogen) atoms. The number of nitrogens with zero attached hydrogens (tertiary/aromatic N) is 4. The molecule has 0 aliphatic carbocycles. The number of nitrogens with two attached hydrogens (primary N) is 1. The largest absolute Gasteiger partial charge is 0.433 e. The monoisotopic (exact) mass is 287 g/mol. The molecule has 0 aliphatic heterocycles. The maximum absolute atomic E-state index is 12.6. The average Bonchev–Trinajstić information content (AvgIpc) is 2.26. The number of hydrogen-bond donors (Lipinski definition) is 1. The van der Waals surface area contributed by atoms with Gasteiger partial charge in [0.2, 0.25) is 5.95 Å². The maximum atomic E-state index is 12.6. The van der Waals surface area contributed by atoms with Crippen LogP contribution in [0.15, 0.2) is 28.5 Å². The first kappa shape index (κ1) is 13.5. The highest BCUT2D eigenvalue weighted by Crippen LogP contribution is 2.31. The Morgan fingerprint density at radius 3 is 2.58 bits per heavy atom. The molecular weight excluding hydrogens is 279 g/mol. The molecular formula is C10H8F3N5S. The molecule has 2 aromatic rings. The van der Waals surface area contributed by atoms with Crippen LogP contribution in [0.5, 0.6) is 0 Å². The number of alkyl halides is 3. The van der Waals surface area contributed by atoms with E-state index >= 15 is 0 Å². The molecule has 0 atom stereocenters. The minimum Gasteiger partial charge on any atom is -0.368 e. The van der Waals surface area contributed by atoms with Gasteiger partial charge in [-0.1, -0.05) is 0 Å².